The minimum atomic E-state index is -0.428. The van der Waals surface area contributed by atoms with Crippen molar-refractivity contribution in [1.29, 1.82) is 0 Å². The fraction of sp³-hybridized carbons (Fsp3) is 0.429. The van der Waals surface area contributed by atoms with Crippen LogP contribution in [0.3, 0.4) is 0 Å². The number of esters is 1. The Kier molecular flexibility index (Phi) is 6.31. The molecule has 0 aromatic heterocycles. The summed E-state index contributed by atoms with van der Waals surface area (Å²) in [7, 11) is 1.32. The Morgan fingerprint density at radius 3 is 2.65 bits per heavy atom. The summed E-state index contributed by atoms with van der Waals surface area (Å²) in [6, 6.07) is 4.93. The van der Waals surface area contributed by atoms with E-state index in [2.05, 4.69) is 15.4 Å². The lowest BCUT2D eigenvalue weighted by Crippen LogP contribution is -2.31. The molecule has 0 saturated heterocycles. The molecule has 0 heterocycles. The molecule has 1 rings (SSSR count). The first-order valence-electron chi connectivity index (χ1n) is 6.35. The number of carbonyl (C=O) groups is 2. The Hall–Kier alpha value is -1.75. The second-order valence-electron chi connectivity index (χ2n) is 4.59. The zero-order chi connectivity index (χ0) is 15.1. The molecular weight excluding hydrogens is 280 g/mol. The van der Waals surface area contributed by atoms with Crippen LogP contribution in [0.25, 0.3) is 0 Å². The van der Waals surface area contributed by atoms with Gasteiger partial charge in [0.15, 0.2) is 0 Å². The highest BCUT2D eigenvalue weighted by Crippen LogP contribution is 2.23. The van der Waals surface area contributed by atoms with E-state index in [1.165, 1.54) is 7.11 Å². The van der Waals surface area contributed by atoms with Gasteiger partial charge < -0.3 is 15.4 Å². The Labute approximate surface area is 123 Å². The molecule has 5 nitrogen and oxygen atoms in total. The number of nitrogens with one attached hydrogen (secondary N) is 2. The summed E-state index contributed by atoms with van der Waals surface area (Å²) >= 11 is 6.03. The molecule has 0 spiro atoms. The number of ether oxygens (including phenoxy) is 1. The second kappa shape index (κ2) is 7.75. The summed E-state index contributed by atoms with van der Waals surface area (Å²) in [5.74, 6) is -0.463. The first-order chi connectivity index (χ1) is 9.43. The number of anilines is 1. The number of hydrogen-bond donors (Lipinski definition) is 2. The van der Waals surface area contributed by atoms with E-state index in [0.717, 1.165) is 0 Å². The number of carbonyl (C=O) groups excluding carboxylic acids is 2. The number of hydrogen-bond acceptors (Lipinski definition) is 4. The minimum Gasteiger partial charge on any atom is -0.465 e. The topological polar surface area (TPSA) is 67.4 Å². The minimum absolute atomic E-state index is 0.0345. The largest absolute Gasteiger partial charge is 0.465 e. The molecule has 20 heavy (non-hydrogen) atoms. The number of methoxy groups -OCH3 is 1. The van der Waals surface area contributed by atoms with Crippen molar-refractivity contribution in [3.8, 4) is 0 Å². The van der Waals surface area contributed by atoms with E-state index in [-0.39, 0.29) is 11.9 Å². The maximum absolute atomic E-state index is 11.5. The molecule has 0 unspecified atom stereocenters. The van der Waals surface area contributed by atoms with Gasteiger partial charge in [0.05, 0.1) is 23.4 Å². The zero-order valence-corrected chi connectivity index (χ0v) is 12.6. The van der Waals surface area contributed by atoms with Crippen molar-refractivity contribution in [2.45, 2.75) is 26.3 Å². The summed E-state index contributed by atoms with van der Waals surface area (Å²) in [4.78, 5) is 22.9. The predicted molar refractivity (Wildman–Crippen MR) is 79.2 cm³/mol. The first-order valence-corrected chi connectivity index (χ1v) is 6.73. The molecule has 0 atom stereocenters. The third-order valence-corrected chi connectivity index (χ3v) is 2.83. The van der Waals surface area contributed by atoms with Crippen molar-refractivity contribution in [1.82, 2.24) is 5.32 Å². The first kappa shape index (κ1) is 16.3. The quantitative estimate of drug-likeness (QED) is 0.792. The van der Waals surface area contributed by atoms with Gasteiger partial charge in [-0.25, -0.2) is 4.79 Å². The lowest BCUT2D eigenvalue weighted by molar-refractivity contribution is -0.121. The molecule has 2 N–H and O–H groups in total. The molecule has 110 valence electrons. The van der Waals surface area contributed by atoms with Crippen LogP contribution >= 0.6 is 11.6 Å². The van der Waals surface area contributed by atoms with Gasteiger partial charge in [-0.05, 0) is 32.0 Å². The fourth-order valence-corrected chi connectivity index (χ4v) is 1.79. The molecule has 6 heteroatoms. The molecular formula is C14H19ClN2O3. The number of amides is 1. The van der Waals surface area contributed by atoms with Gasteiger partial charge in [0, 0.05) is 19.0 Å². The van der Waals surface area contributed by atoms with Crippen LogP contribution in [0.4, 0.5) is 5.69 Å². The van der Waals surface area contributed by atoms with Crippen molar-refractivity contribution in [2.75, 3.05) is 19.0 Å². The maximum Gasteiger partial charge on any atom is 0.337 e. The third-order valence-electron chi connectivity index (χ3n) is 2.50. The number of rotatable bonds is 6. The third kappa shape index (κ3) is 5.09. The standard InChI is InChI=1S/C14H19ClN2O3/c1-9(2)17-13(18)6-7-16-12-8-10(14(19)20-3)4-5-11(12)15/h4-5,8-9,16H,6-7H2,1-3H3,(H,17,18). The summed E-state index contributed by atoms with van der Waals surface area (Å²) in [6.45, 7) is 4.24. The Balaban J connectivity index is 2.59. The molecule has 0 aliphatic carbocycles. The lowest BCUT2D eigenvalue weighted by atomic mass is 10.2. The van der Waals surface area contributed by atoms with Crippen molar-refractivity contribution < 1.29 is 14.3 Å². The fourth-order valence-electron chi connectivity index (χ4n) is 1.61. The van der Waals surface area contributed by atoms with Gasteiger partial charge >= 0.3 is 5.97 Å². The van der Waals surface area contributed by atoms with E-state index in [0.29, 0.717) is 29.2 Å². The van der Waals surface area contributed by atoms with Crippen LogP contribution in [-0.4, -0.2) is 31.6 Å². The van der Waals surface area contributed by atoms with Crippen LogP contribution < -0.4 is 10.6 Å². The Morgan fingerprint density at radius 2 is 2.05 bits per heavy atom. The van der Waals surface area contributed by atoms with E-state index >= 15 is 0 Å². The molecule has 0 bridgehead atoms. The maximum atomic E-state index is 11.5. The molecule has 1 aromatic carbocycles. The summed E-state index contributed by atoms with van der Waals surface area (Å²) in [5.41, 5.74) is 1.01. The van der Waals surface area contributed by atoms with Crippen LogP contribution in [-0.2, 0) is 9.53 Å². The van der Waals surface area contributed by atoms with E-state index in [1.54, 1.807) is 18.2 Å². The SMILES string of the molecule is COC(=O)c1ccc(Cl)c(NCCC(=O)NC(C)C)c1. The summed E-state index contributed by atoms with van der Waals surface area (Å²) in [5, 5.41) is 6.32. The van der Waals surface area contributed by atoms with Crippen molar-refractivity contribution in [3.05, 3.63) is 28.8 Å². The van der Waals surface area contributed by atoms with Crippen LogP contribution in [0.15, 0.2) is 18.2 Å². The van der Waals surface area contributed by atoms with Gasteiger partial charge in [0.1, 0.15) is 0 Å². The molecule has 0 saturated carbocycles. The average Bonchev–Trinajstić information content (AvgIpc) is 2.39. The normalized spacial score (nSPS) is 10.2. The van der Waals surface area contributed by atoms with Gasteiger partial charge in [-0.1, -0.05) is 11.6 Å². The molecule has 1 amide bonds. The van der Waals surface area contributed by atoms with E-state index < -0.39 is 5.97 Å². The van der Waals surface area contributed by atoms with Crippen molar-refractivity contribution >= 4 is 29.2 Å². The number of halogens is 1. The molecule has 0 fully saturated rings. The van der Waals surface area contributed by atoms with Gasteiger partial charge in [0.2, 0.25) is 5.91 Å². The Bertz CT molecular complexity index is 489. The van der Waals surface area contributed by atoms with E-state index in [9.17, 15) is 9.59 Å². The van der Waals surface area contributed by atoms with Crippen LogP contribution in [0.5, 0.6) is 0 Å². The average molecular weight is 299 g/mol. The molecule has 0 aliphatic rings. The molecule has 0 radical (unpaired) electrons. The second-order valence-corrected chi connectivity index (χ2v) is 4.99. The van der Waals surface area contributed by atoms with Gasteiger partial charge in [-0.15, -0.1) is 0 Å². The zero-order valence-electron chi connectivity index (χ0n) is 11.8. The van der Waals surface area contributed by atoms with Crippen LogP contribution in [0.1, 0.15) is 30.6 Å². The summed E-state index contributed by atoms with van der Waals surface area (Å²) < 4.78 is 4.64. The highest BCUT2D eigenvalue weighted by Gasteiger charge is 2.09. The van der Waals surface area contributed by atoms with E-state index in [4.69, 9.17) is 11.6 Å². The highest BCUT2D eigenvalue weighted by atomic mass is 35.5. The molecule has 1 aromatic rings. The van der Waals surface area contributed by atoms with E-state index in [1.807, 2.05) is 13.8 Å². The Morgan fingerprint density at radius 1 is 1.35 bits per heavy atom. The van der Waals surface area contributed by atoms with Crippen molar-refractivity contribution in [2.24, 2.45) is 0 Å². The van der Waals surface area contributed by atoms with Crippen LogP contribution in [0, 0.1) is 0 Å². The monoisotopic (exact) mass is 298 g/mol. The van der Waals surface area contributed by atoms with Crippen molar-refractivity contribution in [3.63, 3.8) is 0 Å². The lowest BCUT2D eigenvalue weighted by Gasteiger charge is -2.11. The van der Waals surface area contributed by atoms with Gasteiger partial charge in [0.25, 0.3) is 0 Å². The highest BCUT2D eigenvalue weighted by molar-refractivity contribution is 6.33. The smallest absolute Gasteiger partial charge is 0.337 e. The number of benzene rings is 1. The predicted octanol–water partition coefficient (Wildman–Crippen LogP) is 2.45. The van der Waals surface area contributed by atoms with Gasteiger partial charge in [-0.3, -0.25) is 4.79 Å². The van der Waals surface area contributed by atoms with Gasteiger partial charge in [-0.2, -0.15) is 0 Å². The molecule has 0 aliphatic heterocycles. The summed E-state index contributed by atoms with van der Waals surface area (Å²) in [6.07, 6.45) is 0.330. The van der Waals surface area contributed by atoms with Crippen LogP contribution in [0.2, 0.25) is 5.02 Å².